The minimum atomic E-state index is 0.0611. The van der Waals surface area contributed by atoms with Crippen LogP contribution in [-0.4, -0.2) is 37.2 Å². The van der Waals surface area contributed by atoms with Gasteiger partial charge in [-0.15, -0.1) is 0 Å². The molecule has 0 aromatic heterocycles. The predicted molar refractivity (Wildman–Crippen MR) is 66.8 cm³/mol. The Morgan fingerprint density at radius 2 is 2.24 bits per heavy atom. The molecule has 98 valence electrons. The van der Waals surface area contributed by atoms with Gasteiger partial charge in [0.05, 0.1) is 18.6 Å². The second-order valence-electron chi connectivity index (χ2n) is 5.52. The molecule has 0 aromatic carbocycles. The summed E-state index contributed by atoms with van der Waals surface area (Å²) in [6, 6.07) is 1.03. The van der Waals surface area contributed by atoms with E-state index < -0.39 is 0 Å². The van der Waals surface area contributed by atoms with Gasteiger partial charge in [-0.3, -0.25) is 4.79 Å². The molecular weight excluding hydrogens is 216 g/mol. The summed E-state index contributed by atoms with van der Waals surface area (Å²) in [6.45, 7) is 5.58. The van der Waals surface area contributed by atoms with Crippen molar-refractivity contribution in [2.75, 3.05) is 13.2 Å². The lowest BCUT2D eigenvalue weighted by molar-refractivity contribution is -0.125. The molecule has 0 spiro atoms. The van der Waals surface area contributed by atoms with E-state index >= 15 is 0 Å². The molecule has 0 aliphatic carbocycles. The average Bonchev–Trinajstić information content (AvgIpc) is 2.73. The number of carbonyl (C=O) groups excluding carboxylic acids is 1. The molecule has 2 aliphatic heterocycles. The Hall–Kier alpha value is -0.610. The summed E-state index contributed by atoms with van der Waals surface area (Å²) in [5, 5.41) is 6.58. The summed E-state index contributed by atoms with van der Waals surface area (Å²) < 4.78 is 5.42. The molecule has 2 fully saturated rings. The number of ether oxygens (including phenoxy) is 1. The molecule has 0 bridgehead atoms. The van der Waals surface area contributed by atoms with Crippen LogP contribution >= 0.6 is 0 Å². The third-order valence-corrected chi connectivity index (χ3v) is 3.80. The summed E-state index contributed by atoms with van der Waals surface area (Å²) >= 11 is 0. The average molecular weight is 240 g/mol. The Kier molecular flexibility index (Phi) is 4.40. The van der Waals surface area contributed by atoms with Crippen molar-refractivity contribution in [1.82, 2.24) is 10.6 Å². The maximum atomic E-state index is 11.9. The Bertz CT molecular complexity index is 270. The van der Waals surface area contributed by atoms with E-state index in [0.717, 1.165) is 13.0 Å². The number of amides is 1. The van der Waals surface area contributed by atoms with Crippen molar-refractivity contribution >= 4 is 5.91 Å². The molecule has 2 saturated heterocycles. The van der Waals surface area contributed by atoms with Gasteiger partial charge in [-0.25, -0.2) is 0 Å². The minimum Gasteiger partial charge on any atom is -0.378 e. The summed E-state index contributed by atoms with van der Waals surface area (Å²) in [5.41, 5.74) is 0. The fraction of sp³-hybridized carbons (Fsp3) is 0.923. The first-order valence-electron chi connectivity index (χ1n) is 6.80. The number of hydrogen-bond acceptors (Lipinski definition) is 3. The van der Waals surface area contributed by atoms with Crippen LogP contribution in [0.2, 0.25) is 0 Å². The molecule has 0 saturated carbocycles. The van der Waals surface area contributed by atoms with Crippen LogP contribution in [-0.2, 0) is 9.53 Å². The molecule has 2 aliphatic rings. The van der Waals surface area contributed by atoms with Gasteiger partial charge in [0.15, 0.2) is 0 Å². The quantitative estimate of drug-likeness (QED) is 0.775. The molecule has 4 heteroatoms. The Labute approximate surface area is 103 Å². The van der Waals surface area contributed by atoms with Crippen molar-refractivity contribution in [2.24, 2.45) is 5.92 Å². The van der Waals surface area contributed by atoms with Gasteiger partial charge in [-0.05, 0) is 33.1 Å². The number of carbonyl (C=O) groups is 1. The van der Waals surface area contributed by atoms with E-state index in [9.17, 15) is 4.79 Å². The fourth-order valence-corrected chi connectivity index (χ4v) is 2.77. The van der Waals surface area contributed by atoms with Crippen molar-refractivity contribution in [3.63, 3.8) is 0 Å². The first-order valence-corrected chi connectivity index (χ1v) is 6.80. The lowest BCUT2D eigenvalue weighted by Gasteiger charge is -2.29. The molecule has 2 N–H and O–H groups in total. The zero-order chi connectivity index (χ0) is 12.3. The highest BCUT2D eigenvalue weighted by atomic mass is 16.5. The van der Waals surface area contributed by atoms with Crippen LogP contribution in [0.3, 0.4) is 0 Å². The van der Waals surface area contributed by atoms with E-state index in [1.807, 2.05) is 6.92 Å². The van der Waals surface area contributed by atoms with Gasteiger partial charge in [-0.1, -0.05) is 6.42 Å². The van der Waals surface area contributed by atoms with Crippen molar-refractivity contribution in [3.05, 3.63) is 0 Å². The summed E-state index contributed by atoms with van der Waals surface area (Å²) in [6.07, 6.45) is 4.78. The molecule has 2 rings (SSSR count). The highest BCUT2D eigenvalue weighted by molar-refractivity contribution is 5.79. The van der Waals surface area contributed by atoms with Crippen LogP contribution in [0.5, 0.6) is 0 Å². The first kappa shape index (κ1) is 12.8. The van der Waals surface area contributed by atoms with Gasteiger partial charge >= 0.3 is 0 Å². The molecule has 2 heterocycles. The van der Waals surface area contributed by atoms with Gasteiger partial charge in [-0.2, -0.15) is 0 Å². The standard InChI is InChI=1S/C13H24N2O2/c1-9-4-3-5-12(15-9)7-14-13(16)11-6-10(2)17-8-11/h9-12,15H,3-8H2,1-2H3,(H,14,16). The van der Waals surface area contributed by atoms with Gasteiger partial charge in [0, 0.05) is 18.6 Å². The smallest absolute Gasteiger partial charge is 0.225 e. The highest BCUT2D eigenvalue weighted by Crippen LogP contribution is 2.19. The molecule has 0 aromatic rings. The molecule has 4 nitrogen and oxygen atoms in total. The normalized spacial score (nSPS) is 38.0. The van der Waals surface area contributed by atoms with Crippen molar-refractivity contribution in [2.45, 2.75) is 57.7 Å². The predicted octanol–water partition coefficient (Wildman–Crippen LogP) is 1.06. The SMILES string of the molecule is CC1CCCC(CNC(=O)C2COC(C)C2)N1. The molecule has 17 heavy (non-hydrogen) atoms. The number of rotatable bonds is 3. The zero-order valence-corrected chi connectivity index (χ0v) is 10.9. The van der Waals surface area contributed by atoms with Crippen LogP contribution in [0.4, 0.5) is 0 Å². The fourth-order valence-electron chi connectivity index (χ4n) is 2.77. The second kappa shape index (κ2) is 5.83. The topological polar surface area (TPSA) is 50.4 Å². The number of piperidine rings is 1. The Morgan fingerprint density at radius 3 is 2.88 bits per heavy atom. The van der Waals surface area contributed by atoms with Crippen LogP contribution in [0.15, 0.2) is 0 Å². The van der Waals surface area contributed by atoms with E-state index in [0.29, 0.717) is 18.7 Å². The van der Waals surface area contributed by atoms with Crippen molar-refractivity contribution < 1.29 is 9.53 Å². The maximum absolute atomic E-state index is 11.9. The lowest BCUT2D eigenvalue weighted by atomic mass is 9.99. The van der Waals surface area contributed by atoms with E-state index in [1.54, 1.807) is 0 Å². The minimum absolute atomic E-state index is 0.0611. The zero-order valence-electron chi connectivity index (χ0n) is 10.9. The molecule has 1 amide bonds. The van der Waals surface area contributed by atoms with E-state index in [4.69, 9.17) is 4.74 Å². The highest BCUT2D eigenvalue weighted by Gasteiger charge is 2.28. The van der Waals surface area contributed by atoms with E-state index in [2.05, 4.69) is 17.6 Å². The molecule has 4 unspecified atom stereocenters. The summed E-state index contributed by atoms with van der Waals surface area (Å²) in [5.74, 6) is 0.223. The molecule has 4 atom stereocenters. The van der Waals surface area contributed by atoms with Gasteiger partial charge in [0.1, 0.15) is 0 Å². The third-order valence-electron chi connectivity index (χ3n) is 3.80. The van der Waals surface area contributed by atoms with Crippen LogP contribution in [0, 0.1) is 5.92 Å². The summed E-state index contributed by atoms with van der Waals surface area (Å²) in [4.78, 5) is 11.9. The summed E-state index contributed by atoms with van der Waals surface area (Å²) in [7, 11) is 0. The van der Waals surface area contributed by atoms with Crippen molar-refractivity contribution in [3.8, 4) is 0 Å². The Balaban J connectivity index is 1.69. The van der Waals surface area contributed by atoms with Gasteiger partial charge in [0.2, 0.25) is 5.91 Å². The van der Waals surface area contributed by atoms with Crippen LogP contribution in [0.1, 0.15) is 39.5 Å². The lowest BCUT2D eigenvalue weighted by Crippen LogP contribution is -2.48. The van der Waals surface area contributed by atoms with Crippen molar-refractivity contribution in [1.29, 1.82) is 0 Å². The van der Waals surface area contributed by atoms with Gasteiger partial charge < -0.3 is 15.4 Å². The van der Waals surface area contributed by atoms with Crippen LogP contribution in [0.25, 0.3) is 0 Å². The second-order valence-corrected chi connectivity index (χ2v) is 5.52. The van der Waals surface area contributed by atoms with Crippen LogP contribution < -0.4 is 10.6 Å². The third kappa shape index (κ3) is 3.68. The monoisotopic (exact) mass is 240 g/mol. The number of nitrogens with one attached hydrogen (secondary N) is 2. The molecular formula is C13H24N2O2. The van der Waals surface area contributed by atoms with E-state index in [1.165, 1.54) is 19.3 Å². The molecule has 0 radical (unpaired) electrons. The van der Waals surface area contributed by atoms with Gasteiger partial charge in [0.25, 0.3) is 0 Å². The van der Waals surface area contributed by atoms with E-state index in [-0.39, 0.29) is 17.9 Å². The largest absolute Gasteiger partial charge is 0.378 e. The first-order chi connectivity index (χ1) is 8.15. The Morgan fingerprint density at radius 1 is 1.41 bits per heavy atom. The maximum Gasteiger partial charge on any atom is 0.225 e. The number of hydrogen-bond donors (Lipinski definition) is 2.